The summed E-state index contributed by atoms with van der Waals surface area (Å²) in [6.45, 7) is 0.668. The number of aromatic nitrogens is 3. The lowest BCUT2D eigenvalue weighted by Gasteiger charge is -2.22. The first-order chi connectivity index (χ1) is 29.6. The summed E-state index contributed by atoms with van der Waals surface area (Å²) >= 11 is 0. The minimum absolute atomic E-state index is 0.111. The van der Waals surface area contributed by atoms with Crippen molar-refractivity contribution in [1.82, 2.24) is 13.7 Å². The minimum atomic E-state index is -0.111. The third-order valence-corrected chi connectivity index (χ3v) is 11.9. The number of benzene rings is 9. The molecule has 11 aromatic rings. The third-order valence-electron chi connectivity index (χ3n) is 11.9. The number of ether oxygens (including phenoxy) is 2. The molecule has 0 aliphatic rings. The van der Waals surface area contributed by atoms with Crippen molar-refractivity contribution in [3.63, 3.8) is 0 Å². The Labute approximate surface area is 346 Å². The lowest BCUT2D eigenvalue weighted by Crippen LogP contribution is -2.22. The Morgan fingerprint density at radius 2 is 0.900 bits per heavy atom. The van der Waals surface area contributed by atoms with Gasteiger partial charge in [-0.15, -0.1) is 0 Å². The molecule has 0 aliphatic carbocycles. The van der Waals surface area contributed by atoms with Gasteiger partial charge in [0.05, 0.1) is 47.5 Å². The van der Waals surface area contributed by atoms with E-state index < -0.39 is 0 Å². The molecule has 60 heavy (non-hydrogen) atoms. The average molecular weight is 778 g/mol. The van der Waals surface area contributed by atoms with Crippen molar-refractivity contribution >= 4 is 54.4 Å². The maximum atomic E-state index is 14.2. The predicted molar refractivity (Wildman–Crippen MR) is 246 cm³/mol. The maximum absolute atomic E-state index is 14.2. The van der Waals surface area contributed by atoms with Gasteiger partial charge in [-0.05, 0) is 80.7 Å². The first kappa shape index (κ1) is 35.3. The molecule has 2 heterocycles. The zero-order valence-electron chi connectivity index (χ0n) is 33.2. The van der Waals surface area contributed by atoms with Crippen molar-refractivity contribution in [2.75, 3.05) is 14.2 Å². The van der Waals surface area contributed by atoms with E-state index in [1.165, 1.54) is 5.56 Å². The molecule has 0 radical (unpaired) electrons. The summed E-state index contributed by atoms with van der Waals surface area (Å²) in [5.74, 6) is 1.51. The van der Waals surface area contributed by atoms with Crippen molar-refractivity contribution in [3.05, 3.63) is 204 Å². The van der Waals surface area contributed by atoms with E-state index in [2.05, 4.69) is 132 Å². The monoisotopic (exact) mass is 777 g/mol. The molecule has 0 saturated heterocycles. The van der Waals surface area contributed by atoms with Crippen LogP contribution in [0.3, 0.4) is 0 Å². The topological polar surface area (TPSA) is 50.3 Å². The van der Waals surface area contributed by atoms with Gasteiger partial charge in [-0.1, -0.05) is 140 Å². The highest BCUT2D eigenvalue weighted by atomic mass is 16.5. The lowest BCUT2D eigenvalue weighted by atomic mass is 9.85. The van der Waals surface area contributed by atoms with Gasteiger partial charge in [0, 0.05) is 34.6 Å². The number of hydrogen-bond acceptors (Lipinski definition) is 3. The summed E-state index contributed by atoms with van der Waals surface area (Å²) < 4.78 is 18.5. The van der Waals surface area contributed by atoms with Crippen LogP contribution in [0.4, 0.5) is 0 Å². The van der Waals surface area contributed by atoms with E-state index in [0.717, 1.165) is 99.5 Å². The van der Waals surface area contributed by atoms with Crippen LogP contribution in [0.25, 0.3) is 88.0 Å². The molecule has 6 nitrogen and oxygen atoms in total. The molecule has 0 aliphatic heterocycles. The summed E-state index contributed by atoms with van der Waals surface area (Å²) in [6.07, 6.45) is 0. The molecule has 0 saturated carbocycles. The second kappa shape index (κ2) is 14.2. The molecule has 0 fully saturated rings. The molecule has 6 heteroatoms. The Morgan fingerprint density at radius 1 is 0.433 bits per heavy atom. The van der Waals surface area contributed by atoms with E-state index in [4.69, 9.17) is 9.47 Å². The van der Waals surface area contributed by atoms with Crippen LogP contribution < -0.4 is 15.2 Å². The van der Waals surface area contributed by atoms with E-state index >= 15 is 0 Å². The summed E-state index contributed by atoms with van der Waals surface area (Å²) in [5, 5.41) is 6.64. The Balaban J connectivity index is 1.17. The molecule has 9 aromatic carbocycles. The number of para-hydroxylation sites is 4. The van der Waals surface area contributed by atoms with E-state index in [0.29, 0.717) is 6.54 Å². The van der Waals surface area contributed by atoms with E-state index in [1.807, 2.05) is 60.7 Å². The van der Waals surface area contributed by atoms with Crippen LogP contribution in [0.1, 0.15) is 5.56 Å². The lowest BCUT2D eigenvalue weighted by molar-refractivity contribution is 0.399. The summed E-state index contributed by atoms with van der Waals surface area (Å²) in [6, 6.07) is 64.8. The molecule has 0 spiro atoms. The molecular weight excluding hydrogens is 739 g/mol. The van der Waals surface area contributed by atoms with Crippen LogP contribution in [0.2, 0.25) is 0 Å². The summed E-state index contributed by atoms with van der Waals surface area (Å²) in [4.78, 5) is 14.2. The Kier molecular flexibility index (Phi) is 8.38. The Morgan fingerprint density at radius 3 is 1.47 bits per heavy atom. The highest BCUT2D eigenvalue weighted by molar-refractivity contribution is 6.26. The fourth-order valence-electron chi connectivity index (χ4n) is 9.40. The molecule has 0 amide bonds. The van der Waals surface area contributed by atoms with Gasteiger partial charge >= 0.3 is 5.69 Å². The van der Waals surface area contributed by atoms with Crippen molar-refractivity contribution < 1.29 is 9.47 Å². The number of hydrogen-bond donors (Lipinski definition) is 0. The maximum Gasteiger partial charge on any atom is 0.338 e. The summed E-state index contributed by atoms with van der Waals surface area (Å²) in [7, 11) is 3.48. The van der Waals surface area contributed by atoms with Gasteiger partial charge in [0.1, 0.15) is 11.5 Å². The average Bonchev–Trinajstić information content (AvgIpc) is 3.79. The second-order valence-electron chi connectivity index (χ2n) is 15.1. The van der Waals surface area contributed by atoms with Gasteiger partial charge in [-0.3, -0.25) is 9.13 Å². The number of imidazole rings is 1. The fraction of sp³-hybridized carbons (Fsp3) is 0.0556. The van der Waals surface area contributed by atoms with Gasteiger partial charge in [0.25, 0.3) is 0 Å². The van der Waals surface area contributed by atoms with Crippen LogP contribution >= 0.6 is 0 Å². The van der Waals surface area contributed by atoms with E-state index in [1.54, 1.807) is 23.4 Å². The van der Waals surface area contributed by atoms with Gasteiger partial charge < -0.3 is 14.0 Å². The van der Waals surface area contributed by atoms with Crippen LogP contribution in [0, 0.1) is 0 Å². The standard InChI is InChI=1S/C54H39N3O3/c1-59-47-33-48(60-2)52(53-51(47)43-25-13-14-26-44(43)55(53)34-35-17-5-3-6-18-35)50-41-23-11-9-21-39(41)49(40-22-10-12-24-42(40)50)36-29-31-38(32-30-36)57-46-28-16-15-27-45(46)56(54(57)58)37-19-7-4-8-20-37/h3-33H,34H2,1-2H3. The van der Waals surface area contributed by atoms with Gasteiger partial charge in [0.2, 0.25) is 0 Å². The van der Waals surface area contributed by atoms with Crippen LogP contribution in [-0.2, 0) is 6.54 Å². The SMILES string of the molecule is COc1cc(OC)c2c3ccccc3n(Cc3ccccc3)c2c1-c1c2ccccc2c(-c2ccc(-n3c(=O)n(-c4ccccc4)c4ccccc43)cc2)c2ccccc12. The minimum Gasteiger partial charge on any atom is -0.496 e. The number of rotatable bonds is 8. The van der Waals surface area contributed by atoms with Crippen LogP contribution in [-0.4, -0.2) is 27.9 Å². The first-order valence-electron chi connectivity index (χ1n) is 20.2. The van der Waals surface area contributed by atoms with Crippen molar-refractivity contribution in [1.29, 1.82) is 0 Å². The number of nitrogens with zero attached hydrogens (tertiary/aromatic N) is 3. The van der Waals surface area contributed by atoms with Gasteiger partial charge in [-0.2, -0.15) is 0 Å². The quantitative estimate of drug-likeness (QED) is 0.144. The molecule has 0 atom stereocenters. The normalized spacial score (nSPS) is 11.6. The largest absolute Gasteiger partial charge is 0.496 e. The van der Waals surface area contributed by atoms with Gasteiger partial charge in [0.15, 0.2) is 0 Å². The molecule has 0 unspecified atom stereocenters. The highest BCUT2D eigenvalue weighted by Crippen LogP contribution is 2.52. The fourth-order valence-corrected chi connectivity index (χ4v) is 9.40. The first-order valence-corrected chi connectivity index (χ1v) is 20.2. The predicted octanol–water partition coefficient (Wildman–Crippen LogP) is 12.6. The Hall–Kier alpha value is -7.83. The van der Waals surface area contributed by atoms with Crippen LogP contribution in [0.5, 0.6) is 11.5 Å². The van der Waals surface area contributed by atoms with Crippen LogP contribution in [0.15, 0.2) is 193 Å². The molecule has 0 N–H and O–H groups in total. The molecular formula is C54H39N3O3. The molecule has 0 bridgehead atoms. The zero-order valence-corrected chi connectivity index (χ0v) is 33.2. The smallest absolute Gasteiger partial charge is 0.338 e. The Bertz CT molecular complexity index is 3430. The van der Waals surface area contributed by atoms with E-state index in [-0.39, 0.29) is 5.69 Å². The summed E-state index contributed by atoms with van der Waals surface area (Å²) in [5.41, 5.74) is 10.9. The van der Waals surface area contributed by atoms with Gasteiger partial charge in [-0.25, -0.2) is 4.79 Å². The number of methoxy groups -OCH3 is 2. The molecule has 2 aromatic heterocycles. The van der Waals surface area contributed by atoms with Crippen molar-refractivity contribution in [3.8, 4) is 45.1 Å². The highest BCUT2D eigenvalue weighted by Gasteiger charge is 2.27. The second-order valence-corrected chi connectivity index (χ2v) is 15.1. The van der Waals surface area contributed by atoms with Crippen molar-refractivity contribution in [2.45, 2.75) is 6.54 Å². The van der Waals surface area contributed by atoms with E-state index in [9.17, 15) is 4.79 Å². The number of fused-ring (bicyclic) bond motifs is 6. The zero-order chi connectivity index (χ0) is 40.3. The molecule has 11 rings (SSSR count). The van der Waals surface area contributed by atoms with Crippen molar-refractivity contribution in [2.24, 2.45) is 0 Å². The molecule has 288 valence electrons. The third kappa shape index (κ3) is 5.38.